The van der Waals surface area contributed by atoms with Crippen LogP contribution in [0.4, 0.5) is 0 Å². The van der Waals surface area contributed by atoms with Gasteiger partial charge in [0.25, 0.3) is 0 Å². The Kier molecular flexibility index (Phi) is 8.79. The summed E-state index contributed by atoms with van der Waals surface area (Å²) >= 11 is 0. The number of ether oxygens (including phenoxy) is 1. The monoisotopic (exact) mass is 268 g/mol. The van der Waals surface area contributed by atoms with Crippen LogP contribution in [0.25, 0.3) is 0 Å². The Balaban J connectivity index is 4.72. The molecule has 112 valence electrons. The van der Waals surface area contributed by atoms with Crippen LogP contribution in [-0.2, 0) is 9.53 Å². The second-order valence-corrected chi connectivity index (χ2v) is 5.79. The van der Waals surface area contributed by atoms with Crippen molar-refractivity contribution in [1.29, 1.82) is 0 Å². The van der Waals surface area contributed by atoms with Gasteiger partial charge in [-0.2, -0.15) is 0 Å². The number of hydrogen-bond acceptors (Lipinski definition) is 2. The number of hydrogen-bond donors (Lipinski definition) is 0. The SMILES string of the molecule is C=COC(C)(C[C@@H](C)C(=O)CCCC)C(CC)CC. The van der Waals surface area contributed by atoms with E-state index in [2.05, 4.69) is 34.3 Å². The molecule has 0 saturated carbocycles. The van der Waals surface area contributed by atoms with Gasteiger partial charge in [-0.25, -0.2) is 0 Å². The van der Waals surface area contributed by atoms with Crippen LogP contribution in [0.2, 0.25) is 0 Å². The minimum atomic E-state index is -0.271. The van der Waals surface area contributed by atoms with E-state index >= 15 is 0 Å². The first-order valence-electron chi connectivity index (χ1n) is 7.76. The second kappa shape index (κ2) is 9.17. The molecule has 0 bridgehead atoms. The number of carbonyl (C=O) groups excluding carboxylic acids is 1. The highest BCUT2D eigenvalue weighted by molar-refractivity contribution is 5.80. The van der Waals surface area contributed by atoms with Crippen LogP contribution in [0, 0.1) is 11.8 Å². The van der Waals surface area contributed by atoms with E-state index in [1.54, 1.807) is 0 Å². The Morgan fingerprint density at radius 2 is 1.89 bits per heavy atom. The molecule has 0 aromatic rings. The van der Waals surface area contributed by atoms with E-state index in [1.165, 1.54) is 6.26 Å². The zero-order valence-corrected chi connectivity index (χ0v) is 13.5. The van der Waals surface area contributed by atoms with Crippen LogP contribution in [0.1, 0.15) is 73.1 Å². The number of ketones is 1. The van der Waals surface area contributed by atoms with Crippen LogP contribution in [-0.4, -0.2) is 11.4 Å². The Morgan fingerprint density at radius 1 is 1.32 bits per heavy atom. The van der Waals surface area contributed by atoms with Crippen molar-refractivity contribution >= 4 is 5.78 Å². The normalized spacial score (nSPS) is 15.9. The summed E-state index contributed by atoms with van der Waals surface area (Å²) in [5.74, 6) is 0.899. The second-order valence-electron chi connectivity index (χ2n) is 5.79. The molecule has 0 aliphatic carbocycles. The Bertz CT molecular complexity index is 268. The van der Waals surface area contributed by atoms with Crippen molar-refractivity contribution in [1.82, 2.24) is 0 Å². The molecule has 0 saturated heterocycles. The van der Waals surface area contributed by atoms with Crippen molar-refractivity contribution in [2.45, 2.75) is 78.7 Å². The summed E-state index contributed by atoms with van der Waals surface area (Å²) in [6, 6.07) is 0. The van der Waals surface area contributed by atoms with Crippen molar-refractivity contribution in [3.8, 4) is 0 Å². The van der Waals surface area contributed by atoms with E-state index < -0.39 is 0 Å². The molecule has 2 nitrogen and oxygen atoms in total. The minimum Gasteiger partial charge on any atom is -0.495 e. The Morgan fingerprint density at radius 3 is 2.32 bits per heavy atom. The summed E-state index contributed by atoms with van der Waals surface area (Å²) in [5.41, 5.74) is -0.271. The van der Waals surface area contributed by atoms with Crippen LogP contribution >= 0.6 is 0 Å². The minimum absolute atomic E-state index is 0.0668. The van der Waals surface area contributed by atoms with Crippen LogP contribution in [0.15, 0.2) is 12.8 Å². The molecular formula is C17H32O2. The first-order chi connectivity index (χ1) is 8.95. The molecule has 2 heteroatoms. The van der Waals surface area contributed by atoms with Gasteiger partial charge in [-0.05, 0) is 38.5 Å². The summed E-state index contributed by atoms with van der Waals surface area (Å²) in [4.78, 5) is 12.1. The van der Waals surface area contributed by atoms with Gasteiger partial charge in [0.2, 0.25) is 0 Å². The number of carbonyl (C=O) groups is 1. The number of rotatable bonds is 11. The van der Waals surface area contributed by atoms with Gasteiger partial charge in [-0.1, -0.05) is 40.7 Å². The predicted octanol–water partition coefficient (Wildman–Crippen LogP) is 5.13. The lowest BCUT2D eigenvalue weighted by atomic mass is 9.77. The Labute approximate surface area is 119 Å². The lowest BCUT2D eigenvalue weighted by Gasteiger charge is -2.38. The van der Waals surface area contributed by atoms with Crippen molar-refractivity contribution in [2.75, 3.05) is 0 Å². The van der Waals surface area contributed by atoms with Crippen molar-refractivity contribution < 1.29 is 9.53 Å². The molecule has 0 aromatic heterocycles. The molecule has 0 heterocycles. The van der Waals surface area contributed by atoms with E-state index in [1.807, 2.05) is 6.92 Å². The largest absolute Gasteiger partial charge is 0.495 e. The standard InChI is InChI=1S/C17H32O2/c1-7-11-12-16(18)14(5)13-17(6,19-10-4)15(8-2)9-3/h10,14-15H,4,7-9,11-13H2,1-3,5-6H3/t14-,17?/m1/s1. The maximum atomic E-state index is 12.1. The van der Waals surface area contributed by atoms with Crippen molar-refractivity contribution in [3.05, 3.63) is 12.8 Å². The van der Waals surface area contributed by atoms with Crippen LogP contribution in [0.5, 0.6) is 0 Å². The highest BCUT2D eigenvalue weighted by atomic mass is 16.5. The first-order valence-corrected chi connectivity index (χ1v) is 7.76. The molecule has 0 spiro atoms. The highest BCUT2D eigenvalue weighted by Crippen LogP contribution is 2.34. The molecule has 0 aromatic carbocycles. The third-order valence-electron chi connectivity index (χ3n) is 4.24. The van der Waals surface area contributed by atoms with Crippen LogP contribution in [0.3, 0.4) is 0 Å². The first kappa shape index (κ1) is 18.2. The topological polar surface area (TPSA) is 26.3 Å². The smallest absolute Gasteiger partial charge is 0.135 e. The van der Waals surface area contributed by atoms with Crippen molar-refractivity contribution in [2.24, 2.45) is 11.8 Å². The number of unbranched alkanes of at least 4 members (excludes halogenated alkanes) is 1. The molecule has 2 atom stereocenters. The van der Waals surface area contributed by atoms with Gasteiger partial charge in [-0.15, -0.1) is 0 Å². The van der Waals surface area contributed by atoms with E-state index in [0.29, 0.717) is 18.1 Å². The quantitative estimate of drug-likeness (QED) is 0.486. The molecule has 0 aliphatic heterocycles. The van der Waals surface area contributed by atoms with Gasteiger partial charge < -0.3 is 4.74 Å². The molecule has 0 radical (unpaired) electrons. The van der Waals surface area contributed by atoms with Gasteiger partial charge in [-0.3, -0.25) is 4.79 Å². The Hall–Kier alpha value is -0.790. The van der Waals surface area contributed by atoms with E-state index in [9.17, 15) is 4.79 Å². The van der Waals surface area contributed by atoms with E-state index in [4.69, 9.17) is 4.74 Å². The van der Waals surface area contributed by atoms with Gasteiger partial charge in [0.05, 0.1) is 6.26 Å². The third-order valence-corrected chi connectivity index (χ3v) is 4.24. The molecule has 1 unspecified atom stereocenters. The zero-order valence-electron chi connectivity index (χ0n) is 13.5. The van der Waals surface area contributed by atoms with Gasteiger partial charge in [0, 0.05) is 12.3 Å². The van der Waals surface area contributed by atoms with E-state index in [0.717, 1.165) is 32.1 Å². The summed E-state index contributed by atoms with van der Waals surface area (Å²) in [6.45, 7) is 14.3. The fourth-order valence-corrected chi connectivity index (χ4v) is 2.97. The van der Waals surface area contributed by atoms with Crippen LogP contribution < -0.4 is 0 Å². The maximum absolute atomic E-state index is 12.1. The lowest BCUT2D eigenvalue weighted by Crippen LogP contribution is -2.39. The summed E-state index contributed by atoms with van der Waals surface area (Å²) in [5, 5.41) is 0. The lowest BCUT2D eigenvalue weighted by molar-refractivity contribution is -0.125. The third kappa shape index (κ3) is 5.80. The summed E-state index contributed by atoms with van der Waals surface area (Å²) in [6.07, 6.45) is 7.21. The van der Waals surface area contributed by atoms with E-state index in [-0.39, 0.29) is 11.5 Å². The van der Waals surface area contributed by atoms with Gasteiger partial charge in [0.1, 0.15) is 11.4 Å². The molecular weight excluding hydrogens is 236 g/mol. The molecule has 0 amide bonds. The average molecular weight is 268 g/mol. The fourth-order valence-electron chi connectivity index (χ4n) is 2.97. The highest BCUT2D eigenvalue weighted by Gasteiger charge is 2.36. The predicted molar refractivity (Wildman–Crippen MR) is 82.1 cm³/mol. The molecule has 0 rings (SSSR count). The fraction of sp³-hybridized carbons (Fsp3) is 0.824. The van der Waals surface area contributed by atoms with Gasteiger partial charge in [0.15, 0.2) is 0 Å². The molecule has 0 aliphatic rings. The van der Waals surface area contributed by atoms with Crippen molar-refractivity contribution in [3.63, 3.8) is 0 Å². The average Bonchev–Trinajstić information content (AvgIpc) is 2.37. The maximum Gasteiger partial charge on any atom is 0.135 e. The molecule has 0 fully saturated rings. The summed E-state index contributed by atoms with van der Waals surface area (Å²) < 4.78 is 5.81. The molecule has 19 heavy (non-hydrogen) atoms. The zero-order chi connectivity index (χ0) is 14.9. The number of Topliss-reactive ketones (excluding diaryl/α,β-unsaturated/α-hetero) is 1. The molecule has 0 N–H and O–H groups in total. The van der Waals surface area contributed by atoms with Gasteiger partial charge >= 0.3 is 0 Å². The summed E-state index contributed by atoms with van der Waals surface area (Å²) in [7, 11) is 0.